The fourth-order valence-corrected chi connectivity index (χ4v) is 4.41. The number of hydrogen-bond acceptors (Lipinski definition) is 5. The number of benzene rings is 2. The summed E-state index contributed by atoms with van der Waals surface area (Å²) in [5, 5.41) is 20.5. The molecule has 1 aromatic heterocycles. The van der Waals surface area contributed by atoms with E-state index in [4.69, 9.17) is 9.84 Å². The normalized spacial score (nSPS) is 14.3. The van der Waals surface area contributed by atoms with Crippen LogP contribution in [0, 0.1) is 0 Å². The number of fused-ring (bicyclic) bond motifs is 1. The summed E-state index contributed by atoms with van der Waals surface area (Å²) >= 11 is 5.08. The zero-order chi connectivity index (χ0) is 17.2. The highest BCUT2D eigenvalue weighted by Gasteiger charge is 2.26. The van der Waals surface area contributed by atoms with Gasteiger partial charge in [-0.05, 0) is 51.7 Å². The number of aliphatic hydroxyl groups excluding tert-OH is 1. The van der Waals surface area contributed by atoms with Gasteiger partial charge in [0.15, 0.2) is 5.16 Å². The zero-order valence-corrected chi connectivity index (χ0v) is 16.0. The lowest BCUT2D eigenvalue weighted by atomic mass is 9.99. The van der Waals surface area contributed by atoms with Gasteiger partial charge in [0.2, 0.25) is 4.73 Å². The van der Waals surface area contributed by atoms with E-state index in [9.17, 15) is 0 Å². The van der Waals surface area contributed by atoms with Crippen LogP contribution >= 0.6 is 27.7 Å². The first-order valence-corrected chi connectivity index (χ1v) is 10.0. The molecule has 1 fully saturated rings. The van der Waals surface area contributed by atoms with Crippen LogP contribution in [0.15, 0.2) is 46.3 Å². The van der Waals surface area contributed by atoms with Gasteiger partial charge in [0.25, 0.3) is 0 Å². The van der Waals surface area contributed by atoms with Crippen molar-refractivity contribution < 1.29 is 9.84 Å². The van der Waals surface area contributed by atoms with Crippen LogP contribution in [-0.4, -0.2) is 39.0 Å². The molecule has 2 aromatic carbocycles. The number of rotatable bonds is 7. The van der Waals surface area contributed by atoms with E-state index in [-0.39, 0.29) is 6.79 Å². The number of halogens is 1. The van der Waals surface area contributed by atoms with Crippen LogP contribution in [0.1, 0.15) is 24.3 Å². The Labute approximate surface area is 158 Å². The Hall–Kier alpha value is -1.41. The molecule has 1 heterocycles. The van der Waals surface area contributed by atoms with Crippen molar-refractivity contribution in [1.82, 2.24) is 14.8 Å². The maximum absolute atomic E-state index is 8.72. The van der Waals surface area contributed by atoms with Gasteiger partial charge >= 0.3 is 0 Å². The van der Waals surface area contributed by atoms with E-state index in [0.717, 1.165) is 10.8 Å². The van der Waals surface area contributed by atoms with Crippen LogP contribution < -0.4 is 0 Å². The fourth-order valence-electron chi connectivity index (χ4n) is 3.06. The molecule has 130 valence electrons. The summed E-state index contributed by atoms with van der Waals surface area (Å²) in [6.45, 7) is 0.206. The minimum atomic E-state index is -0.260. The van der Waals surface area contributed by atoms with E-state index in [0.29, 0.717) is 23.0 Å². The third kappa shape index (κ3) is 3.46. The Kier molecular flexibility index (Phi) is 5.08. The Morgan fingerprint density at radius 1 is 1.16 bits per heavy atom. The Bertz CT molecular complexity index is 895. The SMILES string of the molecule is OCOCCSc1nnc(Br)n1-c1ccc(C2CC2)c2ccccc12. The highest BCUT2D eigenvalue weighted by atomic mass is 79.9. The first-order chi connectivity index (χ1) is 12.3. The Balaban J connectivity index is 1.75. The van der Waals surface area contributed by atoms with Gasteiger partial charge in [0.1, 0.15) is 6.79 Å². The molecule has 1 saturated carbocycles. The van der Waals surface area contributed by atoms with E-state index >= 15 is 0 Å². The second-order valence-corrected chi connectivity index (χ2v) is 7.74. The lowest BCUT2D eigenvalue weighted by Gasteiger charge is -2.14. The quantitative estimate of drug-likeness (QED) is 0.354. The van der Waals surface area contributed by atoms with Gasteiger partial charge < -0.3 is 9.84 Å². The third-order valence-corrected chi connectivity index (χ3v) is 5.74. The van der Waals surface area contributed by atoms with Crippen LogP contribution in [0.3, 0.4) is 0 Å². The van der Waals surface area contributed by atoms with Crippen molar-refractivity contribution in [2.75, 3.05) is 19.2 Å². The van der Waals surface area contributed by atoms with Gasteiger partial charge in [0.05, 0.1) is 12.3 Å². The van der Waals surface area contributed by atoms with E-state index in [1.807, 2.05) is 4.57 Å². The fraction of sp³-hybridized carbons (Fsp3) is 0.333. The smallest absolute Gasteiger partial charge is 0.205 e. The standard InChI is InChI=1S/C18H18BrN3O2S/c19-17-20-21-18(25-10-9-24-11-23)22(17)16-8-7-13(12-5-6-12)14-3-1-2-4-15(14)16/h1-4,7-8,12,23H,5-6,9-11H2. The molecule has 1 aliphatic rings. The molecular weight excluding hydrogens is 402 g/mol. The second kappa shape index (κ2) is 7.45. The summed E-state index contributed by atoms with van der Waals surface area (Å²) in [5.41, 5.74) is 2.51. The third-order valence-electron chi connectivity index (χ3n) is 4.34. The molecule has 0 saturated heterocycles. The first-order valence-electron chi connectivity index (χ1n) is 8.24. The number of aliphatic hydroxyl groups is 1. The maximum Gasteiger partial charge on any atom is 0.205 e. The molecule has 0 bridgehead atoms. The predicted octanol–water partition coefficient (Wildman–Crippen LogP) is 4.12. The van der Waals surface area contributed by atoms with Gasteiger partial charge in [-0.1, -0.05) is 42.1 Å². The highest BCUT2D eigenvalue weighted by Crippen LogP contribution is 2.44. The summed E-state index contributed by atoms with van der Waals surface area (Å²) in [7, 11) is 0. The number of thioether (sulfide) groups is 1. The Morgan fingerprint density at radius 2 is 1.96 bits per heavy atom. The first kappa shape index (κ1) is 17.0. The van der Waals surface area contributed by atoms with Crippen LogP contribution in [0.2, 0.25) is 0 Å². The van der Waals surface area contributed by atoms with Crippen molar-refractivity contribution in [1.29, 1.82) is 0 Å². The van der Waals surface area contributed by atoms with E-state index in [1.54, 1.807) is 11.8 Å². The molecule has 1 N–H and O–H groups in total. The van der Waals surface area contributed by atoms with Gasteiger partial charge in [-0.15, -0.1) is 10.2 Å². The molecule has 3 aromatic rings. The average Bonchev–Trinajstić information content (AvgIpc) is 3.42. The topological polar surface area (TPSA) is 60.2 Å². The summed E-state index contributed by atoms with van der Waals surface area (Å²) < 4.78 is 7.71. The molecule has 25 heavy (non-hydrogen) atoms. The summed E-state index contributed by atoms with van der Waals surface area (Å²) in [4.78, 5) is 0. The van der Waals surface area contributed by atoms with E-state index in [2.05, 4.69) is 62.5 Å². The molecule has 4 rings (SSSR count). The summed E-state index contributed by atoms with van der Waals surface area (Å²) in [6, 6.07) is 12.9. The zero-order valence-electron chi connectivity index (χ0n) is 13.6. The lowest BCUT2D eigenvalue weighted by Crippen LogP contribution is -2.02. The largest absolute Gasteiger partial charge is 0.371 e. The molecule has 1 aliphatic carbocycles. The molecule has 0 spiro atoms. The molecule has 7 heteroatoms. The van der Waals surface area contributed by atoms with E-state index in [1.165, 1.54) is 29.2 Å². The molecule has 0 amide bonds. The Morgan fingerprint density at radius 3 is 2.72 bits per heavy atom. The molecular formula is C18H18BrN3O2S. The van der Waals surface area contributed by atoms with Crippen molar-refractivity contribution in [3.8, 4) is 5.69 Å². The number of hydrogen-bond donors (Lipinski definition) is 1. The van der Waals surface area contributed by atoms with Gasteiger partial charge in [-0.25, -0.2) is 0 Å². The van der Waals surface area contributed by atoms with Crippen LogP contribution in [0.25, 0.3) is 16.5 Å². The van der Waals surface area contributed by atoms with Gasteiger partial charge in [0, 0.05) is 11.1 Å². The monoisotopic (exact) mass is 419 g/mol. The molecule has 0 aliphatic heterocycles. The second-order valence-electron chi connectivity index (χ2n) is 5.97. The van der Waals surface area contributed by atoms with Crippen LogP contribution in [0.4, 0.5) is 0 Å². The van der Waals surface area contributed by atoms with Crippen molar-refractivity contribution in [3.05, 3.63) is 46.7 Å². The minimum absolute atomic E-state index is 0.260. The van der Waals surface area contributed by atoms with Crippen LogP contribution in [-0.2, 0) is 4.74 Å². The van der Waals surface area contributed by atoms with Gasteiger partial charge in [-0.3, -0.25) is 4.57 Å². The molecule has 5 nitrogen and oxygen atoms in total. The van der Waals surface area contributed by atoms with Gasteiger partial charge in [-0.2, -0.15) is 0 Å². The summed E-state index contributed by atoms with van der Waals surface area (Å²) in [5.74, 6) is 1.40. The average molecular weight is 420 g/mol. The van der Waals surface area contributed by atoms with E-state index < -0.39 is 0 Å². The maximum atomic E-state index is 8.72. The minimum Gasteiger partial charge on any atom is -0.371 e. The van der Waals surface area contributed by atoms with Crippen molar-refractivity contribution in [3.63, 3.8) is 0 Å². The summed E-state index contributed by atoms with van der Waals surface area (Å²) in [6.07, 6.45) is 2.57. The highest BCUT2D eigenvalue weighted by molar-refractivity contribution is 9.10. The predicted molar refractivity (Wildman–Crippen MR) is 102 cm³/mol. The van der Waals surface area contributed by atoms with Crippen molar-refractivity contribution >= 4 is 38.5 Å². The molecule has 0 atom stereocenters. The molecule has 0 unspecified atom stereocenters. The number of nitrogens with zero attached hydrogens (tertiary/aromatic N) is 3. The van der Waals surface area contributed by atoms with Crippen molar-refractivity contribution in [2.45, 2.75) is 23.9 Å². The van der Waals surface area contributed by atoms with Crippen LogP contribution in [0.5, 0.6) is 0 Å². The number of ether oxygens (including phenoxy) is 1. The van der Waals surface area contributed by atoms with Crippen molar-refractivity contribution in [2.24, 2.45) is 0 Å². The molecule has 0 radical (unpaired) electrons. The number of aromatic nitrogens is 3. The lowest BCUT2D eigenvalue weighted by molar-refractivity contribution is 0.00670.